The molecule has 1 rings (SSSR count). The van der Waals surface area contributed by atoms with Crippen LogP contribution in [0, 0.1) is 6.92 Å². The number of thioether (sulfide) groups is 1. The normalized spacial score (nSPS) is 10.7. The molecule has 92 valence electrons. The van der Waals surface area contributed by atoms with Crippen LogP contribution in [0.4, 0.5) is 5.95 Å². The SMILES string of the molecule is CCCn1cc(C)nc1NCCCCSC. The number of hydrogen-bond acceptors (Lipinski definition) is 3. The highest BCUT2D eigenvalue weighted by Crippen LogP contribution is 2.09. The van der Waals surface area contributed by atoms with E-state index < -0.39 is 0 Å². The number of hydrogen-bond donors (Lipinski definition) is 1. The average Bonchev–Trinajstić information content (AvgIpc) is 2.59. The summed E-state index contributed by atoms with van der Waals surface area (Å²) in [5, 5.41) is 3.42. The van der Waals surface area contributed by atoms with E-state index in [0.717, 1.165) is 31.2 Å². The van der Waals surface area contributed by atoms with E-state index in [1.54, 1.807) is 0 Å². The van der Waals surface area contributed by atoms with Crippen LogP contribution in [0.2, 0.25) is 0 Å². The van der Waals surface area contributed by atoms with E-state index in [4.69, 9.17) is 0 Å². The van der Waals surface area contributed by atoms with Crippen molar-refractivity contribution >= 4 is 17.7 Å². The van der Waals surface area contributed by atoms with Crippen LogP contribution >= 0.6 is 11.8 Å². The Kier molecular flexibility index (Phi) is 6.38. The summed E-state index contributed by atoms with van der Waals surface area (Å²) in [6.07, 6.45) is 7.93. The fourth-order valence-corrected chi connectivity index (χ4v) is 2.16. The van der Waals surface area contributed by atoms with Crippen molar-refractivity contribution in [2.24, 2.45) is 0 Å². The molecule has 16 heavy (non-hydrogen) atoms. The number of imidazole rings is 1. The number of nitrogens with zero attached hydrogens (tertiary/aromatic N) is 2. The Labute approximate surface area is 103 Å². The quantitative estimate of drug-likeness (QED) is 0.709. The molecule has 0 saturated carbocycles. The smallest absolute Gasteiger partial charge is 0.203 e. The van der Waals surface area contributed by atoms with Gasteiger partial charge in [-0.3, -0.25) is 0 Å². The van der Waals surface area contributed by atoms with Crippen molar-refractivity contribution < 1.29 is 0 Å². The third-order valence-electron chi connectivity index (χ3n) is 2.42. The lowest BCUT2D eigenvalue weighted by atomic mass is 10.3. The Morgan fingerprint density at radius 1 is 1.44 bits per heavy atom. The van der Waals surface area contributed by atoms with Gasteiger partial charge < -0.3 is 9.88 Å². The highest BCUT2D eigenvalue weighted by molar-refractivity contribution is 7.98. The first-order chi connectivity index (χ1) is 7.77. The molecule has 1 N–H and O–H groups in total. The third-order valence-corrected chi connectivity index (χ3v) is 3.12. The predicted molar refractivity (Wildman–Crippen MR) is 73.4 cm³/mol. The zero-order chi connectivity index (χ0) is 11.8. The molecule has 1 aromatic heterocycles. The Morgan fingerprint density at radius 3 is 2.94 bits per heavy atom. The Morgan fingerprint density at radius 2 is 2.25 bits per heavy atom. The molecule has 0 amide bonds. The fraction of sp³-hybridized carbons (Fsp3) is 0.750. The molecule has 1 aromatic rings. The molecule has 0 aliphatic carbocycles. The summed E-state index contributed by atoms with van der Waals surface area (Å²) in [4.78, 5) is 4.49. The average molecular weight is 241 g/mol. The van der Waals surface area contributed by atoms with Crippen LogP contribution in [0.5, 0.6) is 0 Å². The molecule has 3 nitrogen and oxygen atoms in total. The molecule has 0 radical (unpaired) electrons. The number of rotatable bonds is 8. The number of aryl methyl sites for hydroxylation is 2. The van der Waals surface area contributed by atoms with E-state index in [-0.39, 0.29) is 0 Å². The monoisotopic (exact) mass is 241 g/mol. The summed E-state index contributed by atoms with van der Waals surface area (Å²) in [6.45, 7) is 6.32. The van der Waals surface area contributed by atoms with Crippen LogP contribution in [0.15, 0.2) is 6.20 Å². The minimum atomic E-state index is 1.03. The maximum Gasteiger partial charge on any atom is 0.203 e. The van der Waals surface area contributed by atoms with Crippen molar-refractivity contribution in [2.45, 2.75) is 39.7 Å². The first-order valence-corrected chi connectivity index (χ1v) is 7.44. The fourth-order valence-electron chi connectivity index (χ4n) is 1.67. The van der Waals surface area contributed by atoms with Crippen LogP contribution in [-0.4, -0.2) is 28.1 Å². The molecule has 0 spiro atoms. The van der Waals surface area contributed by atoms with Gasteiger partial charge in [0.1, 0.15) is 0 Å². The highest BCUT2D eigenvalue weighted by Gasteiger charge is 2.03. The molecule has 0 bridgehead atoms. The lowest BCUT2D eigenvalue weighted by molar-refractivity contribution is 0.679. The van der Waals surface area contributed by atoms with Gasteiger partial charge in [-0.25, -0.2) is 4.98 Å². The van der Waals surface area contributed by atoms with Crippen molar-refractivity contribution in [1.82, 2.24) is 9.55 Å². The maximum atomic E-state index is 4.49. The summed E-state index contributed by atoms with van der Waals surface area (Å²) in [5.41, 5.74) is 1.10. The van der Waals surface area contributed by atoms with E-state index in [0.29, 0.717) is 0 Å². The van der Waals surface area contributed by atoms with Gasteiger partial charge in [-0.1, -0.05) is 6.92 Å². The summed E-state index contributed by atoms with van der Waals surface area (Å²) in [7, 11) is 0. The Hall–Kier alpha value is -0.640. The molecule has 0 fully saturated rings. The van der Waals surface area contributed by atoms with Crippen LogP contribution < -0.4 is 5.32 Å². The molecule has 0 aliphatic rings. The molecule has 0 atom stereocenters. The van der Waals surface area contributed by atoms with Gasteiger partial charge in [-0.15, -0.1) is 0 Å². The zero-order valence-corrected chi connectivity index (χ0v) is 11.4. The van der Waals surface area contributed by atoms with Gasteiger partial charge in [0.2, 0.25) is 5.95 Å². The first-order valence-electron chi connectivity index (χ1n) is 6.04. The molecule has 0 aromatic carbocycles. The zero-order valence-electron chi connectivity index (χ0n) is 10.6. The number of anilines is 1. The molecule has 4 heteroatoms. The van der Waals surface area contributed by atoms with E-state index in [2.05, 4.69) is 34.2 Å². The maximum absolute atomic E-state index is 4.49. The lowest BCUT2D eigenvalue weighted by Gasteiger charge is -2.08. The van der Waals surface area contributed by atoms with Gasteiger partial charge in [-0.2, -0.15) is 11.8 Å². The van der Waals surface area contributed by atoms with E-state index in [1.807, 2.05) is 18.7 Å². The van der Waals surface area contributed by atoms with Crippen molar-refractivity contribution in [3.8, 4) is 0 Å². The first kappa shape index (κ1) is 13.4. The topological polar surface area (TPSA) is 29.9 Å². The van der Waals surface area contributed by atoms with Crippen molar-refractivity contribution in [3.05, 3.63) is 11.9 Å². The van der Waals surface area contributed by atoms with Crippen molar-refractivity contribution in [2.75, 3.05) is 23.9 Å². The van der Waals surface area contributed by atoms with Gasteiger partial charge >= 0.3 is 0 Å². The number of unbranched alkanes of at least 4 members (excludes halogenated alkanes) is 1. The Balaban J connectivity index is 2.34. The second kappa shape index (κ2) is 7.60. The minimum Gasteiger partial charge on any atom is -0.356 e. The van der Waals surface area contributed by atoms with Gasteiger partial charge in [0.25, 0.3) is 0 Å². The number of aromatic nitrogens is 2. The van der Waals surface area contributed by atoms with Crippen LogP contribution in [-0.2, 0) is 6.54 Å². The number of nitrogens with one attached hydrogen (secondary N) is 1. The largest absolute Gasteiger partial charge is 0.356 e. The summed E-state index contributed by atoms with van der Waals surface area (Å²) < 4.78 is 2.21. The predicted octanol–water partition coefficient (Wildman–Crippen LogP) is 3.16. The molecule has 0 aliphatic heterocycles. The standard InChI is InChI=1S/C12H23N3S/c1-4-8-15-10-11(2)14-12(15)13-7-5-6-9-16-3/h10H,4-9H2,1-3H3,(H,13,14). The van der Waals surface area contributed by atoms with E-state index in [1.165, 1.54) is 18.6 Å². The minimum absolute atomic E-state index is 1.03. The molecule has 0 unspecified atom stereocenters. The van der Waals surface area contributed by atoms with Gasteiger partial charge in [0, 0.05) is 19.3 Å². The van der Waals surface area contributed by atoms with E-state index >= 15 is 0 Å². The second-order valence-corrected chi connectivity index (χ2v) is 5.01. The third kappa shape index (κ3) is 4.47. The Bertz CT molecular complexity index is 296. The van der Waals surface area contributed by atoms with Crippen LogP contribution in [0.3, 0.4) is 0 Å². The molecular weight excluding hydrogens is 218 g/mol. The summed E-state index contributed by atoms with van der Waals surface area (Å²) >= 11 is 1.91. The summed E-state index contributed by atoms with van der Waals surface area (Å²) in [5.74, 6) is 2.29. The van der Waals surface area contributed by atoms with Gasteiger partial charge in [0.05, 0.1) is 5.69 Å². The van der Waals surface area contributed by atoms with Gasteiger partial charge in [-0.05, 0) is 38.2 Å². The molecule has 1 heterocycles. The lowest BCUT2D eigenvalue weighted by Crippen LogP contribution is -2.08. The van der Waals surface area contributed by atoms with E-state index in [9.17, 15) is 0 Å². The van der Waals surface area contributed by atoms with Crippen molar-refractivity contribution in [3.63, 3.8) is 0 Å². The summed E-state index contributed by atoms with van der Waals surface area (Å²) in [6, 6.07) is 0. The van der Waals surface area contributed by atoms with Gasteiger partial charge in [0.15, 0.2) is 0 Å². The molecular formula is C12H23N3S. The van der Waals surface area contributed by atoms with Crippen molar-refractivity contribution in [1.29, 1.82) is 0 Å². The highest BCUT2D eigenvalue weighted by atomic mass is 32.2. The molecule has 0 saturated heterocycles. The second-order valence-electron chi connectivity index (χ2n) is 4.03. The van der Waals surface area contributed by atoms with Crippen LogP contribution in [0.1, 0.15) is 31.9 Å². The van der Waals surface area contributed by atoms with Crippen LogP contribution in [0.25, 0.3) is 0 Å².